The Bertz CT molecular complexity index is 557. The van der Waals surface area contributed by atoms with E-state index in [0.29, 0.717) is 12.2 Å². The quantitative estimate of drug-likeness (QED) is 0.903. The van der Waals surface area contributed by atoms with Crippen molar-refractivity contribution in [1.82, 2.24) is 15.3 Å². The third-order valence-electron chi connectivity index (χ3n) is 3.61. The number of aryl methyl sites for hydroxylation is 1. The average molecular weight is 283 g/mol. The fourth-order valence-corrected chi connectivity index (χ4v) is 4.27. The molecule has 1 aliphatic heterocycles. The molecule has 0 radical (unpaired) electrons. The van der Waals surface area contributed by atoms with Gasteiger partial charge in [0.15, 0.2) is 9.84 Å². The largest absolute Gasteiger partial charge is 0.310 e. The monoisotopic (exact) mass is 283 g/mol. The number of aromatic nitrogens is 2. The molecular weight excluding hydrogens is 262 g/mol. The minimum atomic E-state index is -2.88. The molecule has 1 aliphatic rings. The van der Waals surface area contributed by atoms with Gasteiger partial charge in [-0.1, -0.05) is 6.92 Å². The van der Waals surface area contributed by atoms with Crippen LogP contribution < -0.4 is 5.32 Å². The maximum absolute atomic E-state index is 11.5. The number of rotatable bonds is 4. The third kappa shape index (κ3) is 3.30. The van der Waals surface area contributed by atoms with Crippen molar-refractivity contribution in [2.75, 3.05) is 18.1 Å². The molecule has 2 rings (SSSR count). The lowest BCUT2D eigenvalue weighted by atomic mass is 10.1. The summed E-state index contributed by atoms with van der Waals surface area (Å²) < 4.78 is 23.0. The highest BCUT2D eigenvalue weighted by atomic mass is 32.2. The molecule has 2 unspecified atom stereocenters. The van der Waals surface area contributed by atoms with E-state index in [2.05, 4.69) is 29.1 Å². The lowest BCUT2D eigenvalue weighted by Gasteiger charge is -2.16. The van der Waals surface area contributed by atoms with Gasteiger partial charge in [0, 0.05) is 29.4 Å². The standard InChI is InChI=1S/C13H21N3O2S/c1-4-14-9(2)12-7-15-13(16-10(12)3)11-5-6-19(17,18)8-11/h7,9,11,14H,4-6,8H2,1-3H3. The summed E-state index contributed by atoms with van der Waals surface area (Å²) in [4.78, 5) is 8.88. The van der Waals surface area contributed by atoms with Crippen LogP contribution >= 0.6 is 0 Å². The topological polar surface area (TPSA) is 72.0 Å². The van der Waals surface area contributed by atoms with Crippen LogP contribution in [0.1, 0.15) is 49.3 Å². The molecule has 0 spiro atoms. The van der Waals surface area contributed by atoms with E-state index >= 15 is 0 Å². The van der Waals surface area contributed by atoms with Gasteiger partial charge in [-0.05, 0) is 26.8 Å². The summed E-state index contributed by atoms with van der Waals surface area (Å²) in [7, 11) is -2.88. The van der Waals surface area contributed by atoms with Crippen molar-refractivity contribution in [1.29, 1.82) is 0 Å². The van der Waals surface area contributed by atoms with Gasteiger partial charge in [0.25, 0.3) is 0 Å². The highest BCUT2D eigenvalue weighted by molar-refractivity contribution is 7.91. The summed E-state index contributed by atoms with van der Waals surface area (Å²) in [5, 5.41) is 3.33. The lowest BCUT2D eigenvalue weighted by molar-refractivity contribution is 0.584. The Kier molecular flexibility index (Phi) is 4.20. The van der Waals surface area contributed by atoms with E-state index < -0.39 is 9.84 Å². The molecule has 0 aliphatic carbocycles. The van der Waals surface area contributed by atoms with Gasteiger partial charge in [-0.3, -0.25) is 0 Å². The van der Waals surface area contributed by atoms with E-state index in [1.165, 1.54) is 0 Å². The summed E-state index contributed by atoms with van der Waals surface area (Å²) in [5.41, 5.74) is 2.01. The van der Waals surface area contributed by atoms with Gasteiger partial charge in [-0.25, -0.2) is 18.4 Å². The first-order valence-electron chi connectivity index (χ1n) is 6.70. The highest BCUT2D eigenvalue weighted by Gasteiger charge is 2.31. The van der Waals surface area contributed by atoms with Crippen molar-refractivity contribution in [3.05, 3.63) is 23.3 Å². The van der Waals surface area contributed by atoms with E-state index in [1.807, 2.05) is 13.1 Å². The second-order valence-corrected chi connectivity index (χ2v) is 7.38. The summed E-state index contributed by atoms with van der Waals surface area (Å²) in [6.45, 7) is 6.99. The minimum Gasteiger partial charge on any atom is -0.310 e. The van der Waals surface area contributed by atoms with Gasteiger partial charge in [-0.15, -0.1) is 0 Å². The van der Waals surface area contributed by atoms with E-state index in [1.54, 1.807) is 0 Å². The van der Waals surface area contributed by atoms with Crippen molar-refractivity contribution >= 4 is 9.84 Å². The van der Waals surface area contributed by atoms with Gasteiger partial charge < -0.3 is 5.32 Å². The minimum absolute atomic E-state index is 0.0350. The molecule has 0 amide bonds. The Morgan fingerprint density at radius 2 is 2.26 bits per heavy atom. The third-order valence-corrected chi connectivity index (χ3v) is 5.38. The zero-order chi connectivity index (χ0) is 14.0. The van der Waals surface area contributed by atoms with Crippen LogP contribution in [0, 0.1) is 6.92 Å². The van der Waals surface area contributed by atoms with Crippen LogP contribution in [-0.2, 0) is 9.84 Å². The van der Waals surface area contributed by atoms with Crippen molar-refractivity contribution < 1.29 is 8.42 Å². The van der Waals surface area contributed by atoms with Crippen molar-refractivity contribution in [2.24, 2.45) is 0 Å². The van der Waals surface area contributed by atoms with Crippen LogP contribution in [0.2, 0.25) is 0 Å². The van der Waals surface area contributed by atoms with Crippen LogP contribution in [0.25, 0.3) is 0 Å². The maximum atomic E-state index is 11.5. The van der Waals surface area contributed by atoms with Gasteiger partial charge >= 0.3 is 0 Å². The molecule has 2 atom stereocenters. The lowest BCUT2D eigenvalue weighted by Crippen LogP contribution is -2.20. The molecule has 1 saturated heterocycles. The molecule has 0 aromatic carbocycles. The molecule has 1 aromatic rings. The molecule has 1 aromatic heterocycles. The van der Waals surface area contributed by atoms with Crippen molar-refractivity contribution in [2.45, 2.75) is 39.2 Å². The van der Waals surface area contributed by atoms with Gasteiger partial charge in [0.1, 0.15) is 5.82 Å². The Balaban J connectivity index is 2.20. The highest BCUT2D eigenvalue weighted by Crippen LogP contribution is 2.27. The fraction of sp³-hybridized carbons (Fsp3) is 0.692. The van der Waals surface area contributed by atoms with Gasteiger partial charge in [-0.2, -0.15) is 0 Å². The predicted octanol–water partition coefficient (Wildman–Crippen LogP) is 1.36. The van der Waals surface area contributed by atoms with E-state index in [4.69, 9.17) is 0 Å². The molecular formula is C13H21N3O2S. The number of sulfone groups is 1. The molecule has 2 heterocycles. The zero-order valence-corrected chi connectivity index (χ0v) is 12.5. The van der Waals surface area contributed by atoms with Crippen LogP contribution in [0.4, 0.5) is 0 Å². The molecule has 0 saturated carbocycles. The molecule has 0 bridgehead atoms. The number of nitrogens with zero attached hydrogens (tertiary/aromatic N) is 2. The maximum Gasteiger partial charge on any atom is 0.151 e. The second-order valence-electron chi connectivity index (χ2n) is 5.15. The molecule has 1 N–H and O–H groups in total. The van der Waals surface area contributed by atoms with Gasteiger partial charge in [0.2, 0.25) is 0 Å². The SMILES string of the molecule is CCNC(C)c1cnc(C2CCS(=O)(=O)C2)nc1C. The normalized spacial score (nSPS) is 23.4. The Hall–Kier alpha value is -1.01. The first-order valence-corrected chi connectivity index (χ1v) is 8.52. The Morgan fingerprint density at radius 3 is 2.79 bits per heavy atom. The smallest absolute Gasteiger partial charge is 0.151 e. The van der Waals surface area contributed by atoms with E-state index in [-0.39, 0.29) is 23.5 Å². The summed E-state index contributed by atoms with van der Waals surface area (Å²) in [6.07, 6.45) is 2.47. The molecule has 6 heteroatoms. The Labute approximate surface area is 114 Å². The first kappa shape index (κ1) is 14.4. The van der Waals surface area contributed by atoms with E-state index in [9.17, 15) is 8.42 Å². The Morgan fingerprint density at radius 1 is 1.53 bits per heavy atom. The average Bonchev–Trinajstić information content (AvgIpc) is 2.70. The van der Waals surface area contributed by atoms with Crippen LogP contribution in [0.5, 0.6) is 0 Å². The van der Waals surface area contributed by atoms with Crippen molar-refractivity contribution in [3.63, 3.8) is 0 Å². The predicted molar refractivity (Wildman–Crippen MR) is 74.9 cm³/mol. The molecule has 19 heavy (non-hydrogen) atoms. The molecule has 106 valence electrons. The van der Waals surface area contributed by atoms with E-state index in [0.717, 1.165) is 17.8 Å². The summed E-state index contributed by atoms with van der Waals surface area (Å²) >= 11 is 0. The van der Waals surface area contributed by atoms with Crippen LogP contribution in [-0.4, -0.2) is 36.4 Å². The van der Waals surface area contributed by atoms with Crippen molar-refractivity contribution in [3.8, 4) is 0 Å². The fourth-order valence-electron chi connectivity index (χ4n) is 2.53. The van der Waals surface area contributed by atoms with Crippen LogP contribution in [0.15, 0.2) is 6.20 Å². The second kappa shape index (κ2) is 5.54. The number of hydrogen-bond donors (Lipinski definition) is 1. The molecule has 1 fully saturated rings. The summed E-state index contributed by atoms with van der Waals surface area (Å²) in [6, 6.07) is 0.214. The zero-order valence-electron chi connectivity index (χ0n) is 11.7. The number of nitrogens with one attached hydrogen (secondary N) is 1. The van der Waals surface area contributed by atoms with Gasteiger partial charge in [0.05, 0.1) is 11.5 Å². The number of hydrogen-bond acceptors (Lipinski definition) is 5. The molecule has 5 nitrogen and oxygen atoms in total. The first-order chi connectivity index (χ1) is 8.93. The van der Waals surface area contributed by atoms with Crippen LogP contribution in [0.3, 0.4) is 0 Å². The summed E-state index contributed by atoms with van der Waals surface area (Å²) in [5.74, 6) is 1.09.